The number of carbonyl (C=O) groups is 2. The molecule has 9 heteroatoms. The molecule has 1 amide bonds. The summed E-state index contributed by atoms with van der Waals surface area (Å²) >= 11 is 0. The van der Waals surface area contributed by atoms with Crippen LogP contribution < -0.4 is 21.9 Å². The largest absolute Gasteiger partial charge is 0.477 e. The van der Waals surface area contributed by atoms with Gasteiger partial charge in [0.15, 0.2) is 0 Å². The van der Waals surface area contributed by atoms with Crippen LogP contribution in [0.5, 0.6) is 0 Å². The highest BCUT2D eigenvalue weighted by Crippen LogP contribution is 2.12. The van der Waals surface area contributed by atoms with Crippen molar-refractivity contribution in [2.75, 3.05) is 11.1 Å². The number of rotatable bonds is 17. The van der Waals surface area contributed by atoms with E-state index in [1.807, 2.05) is 0 Å². The van der Waals surface area contributed by atoms with Crippen LogP contribution in [0.2, 0.25) is 0 Å². The minimum absolute atomic E-state index is 0.0570. The topological polar surface area (TPSA) is 136 Å². The molecule has 4 N–H and O–H groups in total. The number of carboxylic acids is 1. The minimum atomic E-state index is -1.37. The number of aromatic nitrogens is 2. The van der Waals surface area contributed by atoms with Gasteiger partial charge in [0.05, 0.1) is 5.69 Å². The first kappa shape index (κ1) is 29.9. The van der Waals surface area contributed by atoms with E-state index in [-0.39, 0.29) is 16.9 Å². The fourth-order valence-electron chi connectivity index (χ4n) is 4.29. The average molecular weight is 515 g/mol. The number of nitrogens with one attached hydrogen (secondary N) is 1. The van der Waals surface area contributed by atoms with Gasteiger partial charge in [0.2, 0.25) is 10.9 Å². The van der Waals surface area contributed by atoms with Crippen molar-refractivity contribution in [3.63, 3.8) is 0 Å². The van der Waals surface area contributed by atoms with Crippen molar-refractivity contribution in [1.29, 1.82) is 0 Å². The van der Waals surface area contributed by atoms with Gasteiger partial charge >= 0.3 is 5.97 Å². The summed E-state index contributed by atoms with van der Waals surface area (Å²) in [5.74, 6) is -2.16. The molecule has 2 heterocycles. The Labute approximate surface area is 218 Å². The molecule has 0 bridgehead atoms. The Morgan fingerprint density at radius 2 is 1.22 bits per heavy atom. The van der Waals surface area contributed by atoms with E-state index >= 15 is 0 Å². The van der Waals surface area contributed by atoms with E-state index in [1.54, 1.807) is 9.13 Å². The molecule has 0 atom stereocenters. The van der Waals surface area contributed by atoms with Crippen LogP contribution in [-0.4, -0.2) is 26.1 Å². The van der Waals surface area contributed by atoms with Crippen molar-refractivity contribution in [3.8, 4) is 0 Å². The molecular formula is C28H42N4O5. The molecule has 2 aromatic rings. The smallest absolute Gasteiger partial charge is 0.341 e. The van der Waals surface area contributed by atoms with Gasteiger partial charge in [-0.1, -0.05) is 78.1 Å². The molecule has 0 saturated heterocycles. The number of hydrogen-bond acceptors (Lipinski definition) is 5. The minimum Gasteiger partial charge on any atom is -0.477 e. The molecule has 204 valence electrons. The number of carboxylic acid groups (broad SMARTS) is 1. The van der Waals surface area contributed by atoms with E-state index in [4.69, 9.17) is 5.73 Å². The Kier molecular flexibility index (Phi) is 12.7. The van der Waals surface area contributed by atoms with Crippen molar-refractivity contribution in [2.45, 2.75) is 104 Å². The van der Waals surface area contributed by atoms with Crippen molar-refractivity contribution in [2.24, 2.45) is 0 Å². The van der Waals surface area contributed by atoms with E-state index in [0.29, 0.717) is 13.1 Å². The highest BCUT2D eigenvalue weighted by molar-refractivity contribution is 6.04. The normalized spacial score (nSPS) is 11.0. The van der Waals surface area contributed by atoms with E-state index in [0.717, 1.165) is 51.4 Å². The Hall–Kier alpha value is -3.36. The summed E-state index contributed by atoms with van der Waals surface area (Å²) in [4.78, 5) is 50.0. The van der Waals surface area contributed by atoms with E-state index in [1.165, 1.54) is 50.5 Å². The van der Waals surface area contributed by atoms with Gasteiger partial charge in [-0.15, -0.1) is 0 Å². The quantitative estimate of drug-likeness (QED) is 0.246. The van der Waals surface area contributed by atoms with Crippen LogP contribution in [0, 0.1) is 0 Å². The molecular weight excluding hydrogens is 472 g/mol. The lowest BCUT2D eigenvalue weighted by molar-refractivity contribution is 0.0694. The number of pyridine rings is 2. The van der Waals surface area contributed by atoms with Crippen LogP contribution in [0.15, 0.2) is 34.4 Å². The first-order valence-corrected chi connectivity index (χ1v) is 13.6. The molecule has 2 rings (SSSR count). The van der Waals surface area contributed by atoms with Crippen molar-refractivity contribution >= 4 is 23.3 Å². The Balaban J connectivity index is 2.17. The first-order valence-electron chi connectivity index (χ1n) is 13.6. The number of nitrogens with two attached hydrogens (primary N) is 1. The lowest BCUT2D eigenvalue weighted by Gasteiger charge is -2.13. The summed E-state index contributed by atoms with van der Waals surface area (Å²) in [7, 11) is 0. The summed E-state index contributed by atoms with van der Waals surface area (Å²) in [5, 5.41) is 12.0. The molecule has 0 aliphatic carbocycles. The van der Waals surface area contributed by atoms with Crippen molar-refractivity contribution in [3.05, 3.63) is 56.4 Å². The van der Waals surface area contributed by atoms with Crippen LogP contribution in [0.3, 0.4) is 0 Å². The van der Waals surface area contributed by atoms with E-state index in [2.05, 4.69) is 19.2 Å². The average Bonchev–Trinajstić information content (AvgIpc) is 2.86. The van der Waals surface area contributed by atoms with Crippen LogP contribution in [-0.2, 0) is 13.1 Å². The number of hydrogen-bond donors (Lipinski definition) is 3. The summed E-state index contributed by atoms with van der Waals surface area (Å²) in [6.07, 6.45) is 18.7. The first-order chi connectivity index (χ1) is 17.8. The Bertz CT molecular complexity index is 1150. The number of unbranched alkanes of at least 4 members (excludes halogenated alkanes) is 10. The maximum Gasteiger partial charge on any atom is 0.341 e. The predicted octanol–water partition coefficient (Wildman–Crippen LogP) is 5.26. The van der Waals surface area contributed by atoms with Gasteiger partial charge in [-0.2, -0.15) is 0 Å². The zero-order chi connectivity index (χ0) is 27.2. The number of nitrogens with zero attached hydrogens (tertiary/aromatic N) is 2. The molecule has 9 nitrogen and oxygen atoms in total. The van der Waals surface area contributed by atoms with Crippen molar-refractivity contribution in [1.82, 2.24) is 9.13 Å². The number of aromatic carboxylic acids is 1. The highest BCUT2D eigenvalue weighted by atomic mass is 16.4. The number of amides is 1. The highest BCUT2D eigenvalue weighted by Gasteiger charge is 2.19. The van der Waals surface area contributed by atoms with Gasteiger partial charge in [-0.25, -0.2) is 4.79 Å². The van der Waals surface area contributed by atoms with Crippen molar-refractivity contribution < 1.29 is 14.7 Å². The summed E-state index contributed by atoms with van der Waals surface area (Å²) in [5.41, 5.74) is 3.59. The second-order valence-electron chi connectivity index (χ2n) is 9.64. The second kappa shape index (κ2) is 15.7. The zero-order valence-electron chi connectivity index (χ0n) is 22.3. The van der Waals surface area contributed by atoms with Crippen LogP contribution in [0.25, 0.3) is 0 Å². The van der Waals surface area contributed by atoms with Crippen LogP contribution in [0.4, 0.5) is 11.4 Å². The van der Waals surface area contributed by atoms with E-state index in [9.17, 15) is 24.3 Å². The molecule has 0 spiro atoms. The second-order valence-corrected chi connectivity index (χ2v) is 9.64. The molecule has 0 aromatic carbocycles. The third-order valence-corrected chi connectivity index (χ3v) is 6.45. The molecule has 0 radical (unpaired) electrons. The van der Waals surface area contributed by atoms with Crippen LogP contribution in [0.1, 0.15) is 112 Å². The molecule has 2 aromatic heterocycles. The lowest BCUT2D eigenvalue weighted by Crippen LogP contribution is -2.29. The van der Waals surface area contributed by atoms with Gasteiger partial charge < -0.3 is 25.3 Å². The summed E-state index contributed by atoms with van der Waals surface area (Å²) < 4.78 is 3.33. The molecule has 0 aliphatic heterocycles. The third-order valence-electron chi connectivity index (χ3n) is 6.45. The molecule has 0 saturated carbocycles. The SMILES string of the molecule is CCCCCCCCn1cc(N)c(=O)c(C(=O)Nc2cn(CCCCCCCC)cc(C(=O)O)c2=O)c1. The Morgan fingerprint density at radius 1 is 0.730 bits per heavy atom. The van der Waals surface area contributed by atoms with Gasteiger partial charge in [0.1, 0.15) is 16.8 Å². The van der Waals surface area contributed by atoms with E-state index < -0.39 is 28.3 Å². The molecule has 0 unspecified atom stereocenters. The summed E-state index contributed by atoms with van der Waals surface area (Å²) in [6.45, 7) is 5.44. The standard InChI is InChI=1S/C28H42N4O5/c1-3-5-7-9-11-13-15-31-17-21(25(33)23(29)19-31)27(35)30-24-20-32(16-14-12-10-8-6-4-2)18-22(26(24)34)28(36)37/h17-20H,3-16,29H2,1-2H3,(H,30,35)(H,36,37). The zero-order valence-corrected chi connectivity index (χ0v) is 22.3. The van der Waals surface area contributed by atoms with Gasteiger partial charge in [-0.3, -0.25) is 14.4 Å². The summed E-state index contributed by atoms with van der Waals surface area (Å²) in [6, 6.07) is 0. The van der Waals surface area contributed by atoms with Gasteiger partial charge in [0, 0.05) is 37.9 Å². The molecule has 37 heavy (non-hydrogen) atoms. The predicted molar refractivity (Wildman–Crippen MR) is 147 cm³/mol. The lowest BCUT2D eigenvalue weighted by atomic mass is 10.1. The monoisotopic (exact) mass is 514 g/mol. The Morgan fingerprint density at radius 3 is 1.76 bits per heavy atom. The number of aryl methyl sites for hydroxylation is 2. The maximum atomic E-state index is 13.0. The number of anilines is 2. The maximum absolute atomic E-state index is 13.0. The number of carbonyl (C=O) groups excluding carboxylic acids is 1. The molecule has 0 aliphatic rings. The number of nitrogen functional groups attached to an aromatic ring is 1. The fourth-order valence-corrected chi connectivity index (χ4v) is 4.29. The van der Waals surface area contributed by atoms with Gasteiger partial charge in [-0.05, 0) is 12.8 Å². The fraction of sp³-hybridized carbons (Fsp3) is 0.571. The van der Waals surface area contributed by atoms with Crippen LogP contribution >= 0.6 is 0 Å². The molecule has 0 fully saturated rings. The van der Waals surface area contributed by atoms with Gasteiger partial charge in [0.25, 0.3) is 5.91 Å². The third kappa shape index (κ3) is 9.55.